The predicted octanol–water partition coefficient (Wildman–Crippen LogP) is 0.858. The summed E-state index contributed by atoms with van der Waals surface area (Å²) in [6.07, 6.45) is 0.791. The zero-order valence-corrected chi connectivity index (χ0v) is 10.9. The minimum Gasteiger partial charge on any atom is -0.389 e. The van der Waals surface area contributed by atoms with Gasteiger partial charge in [0.2, 0.25) is 0 Å². The molecule has 0 amide bonds. The summed E-state index contributed by atoms with van der Waals surface area (Å²) in [6, 6.07) is 0. The summed E-state index contributed by atoms with van der Waals surface area (Å²) >= 11 is 6.14. The first-order valence-electron chi connectivity index (χ1n) is 6.21. The van der Waals surface area contributed by atoms with Gasteiger partial charge in [0, 0.05) is 24.6 Å². The summed E-state index contributed by atoms with van der Waals surface area (Å²) in [5.74, 6) is 1.96. The van der Waals surface area contributed by atoms with E-state index in [4.69, 9.17) is 11.6 Å². The average Bonchev–Trinajstić information content (AvgIpc) is 3.11. The number of halogens is 1. The van der Waals surface area contributed by atoms with Crippen LogP contribution in [-0.2, 0) is 0 Å². The van der Waals surface area contributed by atoms with Crippen molar-refractivity contribution in [3.63, 3.8) is 0 Å². The lowest BCUT2D eigenvalue weighted by atomic mass is 10.3. The van der Waals surface area contributed by atoms with Gasteiger partial charge >= 0.3 is 0 Å². The fraction of sp³-hybridized carbons (Fsp3) is 0.667. The van der Waals surface area contributed by atoms with Crippen LogP contribution in [-0.4, -0.2) is 45.5 Å². The van der Waals surface area contributed by atoms with Crippen LogP contribution in [0.3, 0.4) is 0 Å². The van der Waals surface area contributed by atoms with Crippen LogP contribution >= 0.6 is 11.6 Å². The van der Waals surface area contributed by atoms with E-state index in [9.17, 15) is 10.2 Å². The molecule has 0 spiro atoms. The molecule has 1 aliphatic carbocycles. The first kappa shape index (κ1) is 12.1. The Morgan fingerprint density at radius 1 is 1.17 bits per heavy atom. The number of hydrogen-bond donors (Lipinski definition) is 2. The summed E-state index contributed by atoms with van der Waals surface area (Å²) in [7, 11) is 0. The maximum Gasteiger partial charge on any atom is 0.137 e. The van der Waals surface area contributed by atoms with Crippen molar-refractivity contribution < 1.29 is 10.2 Å². The van der Waals surface area contributed by atoms with Gasteiger partial charge in [0.05, 0.1) is 12.2 Å². The van der Waals surface area contributed by atoms with Gasteiger partial charge in [-0.3, -0.25) is 0 Å². The summed E-state index contributed by atoms with van der Waals surface area (Å²) in [4.78, 5) is 10.7. The smallest absolute Gasteiger partial charge is 0.137 e. The molecule has 2 unspecified atom stereocenters. The molecule has 0 bridgehead atoms. The molecule has 2 heterocycles. The number of hydrogen-bond acceptors (Lipinski definition) is 5. The van der Waals surface area contributed by atoms with Gasteiger partial charge < -0.3 is 15.1 Å². The highest BCUT2D eigenvalue weighted by atomic mass is 35.5. The monoisotopic (exact) mass is 269 g/mol. The van der Waals surface area contributed by atoms with E-state index in [-0.39, 0.29) is 0 Å². The Bertz CT molecular complexity index is 469. The maximum atomic E-state index is 9.61. The highest BCUT2D eigenvalue weighted by Gasteiger charge is 2.33. The van der Waals surface area contributed by atoms with Crippen molar-refractivity contribution in [3.05, 3.63) is 16.5 Å². The number of rotatable bonds is 2. The quantitative estimate of drug-likeness (QED) is 0.780. The zero-order chi connectivity index (χ0) is 12.9. The van der Waals surface area contributed by atoms with Crippen LogP contribution < -0.4 is 4.90 Å². The molecule has 1 aromatic rings. The number of nitrogens with zero attached hydrogens (tertiary/aromatic N) is 3. The molecule has 2 fully saturated rings. The molecule has 1 aromatic heterocycles. The lowest BCUT2D eigenvalue weighted by Gasteiger charge is -2.20. The molecule has 3 rings (SSSR count). The highest BCUT2D eigenvalue weighted by molar-refractivity contribution is 6.30. The fourth-order valence-corrected chi connectivity index (χ4v) is 2.44. The molecule has 2 N–H and O–H groups in total. The normalized spacial score (nSPS) is 27.9. The number of anilines is 1. The number of aliphatic hydroxyl groups excluding tert-OH is 2. The largest absolute Gasteiger partial charge is 0.389 e. The highest BCUT2D eigenvalue weighted by Crippen LogP contribution is 2.40. The van der Waals surface area contributed by atoms with Crippen molar-refractivity contribution in [2.24, 2.45) is 0 Å². The predicted molar refractivity (Wildman–Crippen MR) is 68.0 cm³/mol. The van der Waals surface area contributed by atoms with E-state index in [2.05, 4.69) is 9.97 Å². The van der Waals surface area contributed by atoms with Crippen LogP contribution in [0.4, 0.5) is 5.82 Å². The van der Waals surface area contributed by atoms with Gasteiger partial charge in [-0.25, -0.2) is 9.97 Å². The second-order valence-corrected chi connectivity index (χ2v) is 5.49. The van der Waals surface area contributed by atoms with E-state index in [1.807, 2.05) is 11.8 Å². The zero-order valence-electron chi connectivity index (χ0n) is 10.2. The molecule has 6 heteroatoms. The second kappa shape index (κ2) is 4.33. The van der Waals surface area contributed by atoms with E-state index in [1.165, 1.54) is 0 Å². The Kier molecular flexibility index (Phi) is 2.92. The average molecular weight is 270 g/mol. The molecule has 98 valence electrons. The van der Waals surface area contributed by atoms with Crippen molar-refractivity contribution in [2.75, 3.05) is 18.0 Å². The molecule has 1 saturated heterocycles. The van der Waals surface area contributed by atoms with Crippen molar-refractivity contribution >= 4 is 17.4 Å². The number of aliphatic hydroxyl groups is 2. The molecular formula is C12H16ClN3O2. The van der Waals surface area contributed by atoms with Crippen LogP contribution in [0, 0.1) is 6.92 Å². The van der Waals surface area contributed by atoms with E-state index in [1.54, 1.807) is 0 Å². The Morgan fingerprint density at radius 3 is 2.33 bits per heavy atom. The van der Waals surface area contributed by atoms with Crippen LogP contribution in [0.25, 0.3) is 0 Å². The van der Waals surface area contributed by atoms with Crippen LogP contribution in [0.2, 0.25) is 5.15 Å². The van der Waals surface area contributed by atoms with E-state index in [0.717, 1.165) is 30.0 Å². The Hall–Kier alpha value is -0.910. The topological polar surface area (TPSA) is 69.5 Å². The second-order valence-electron chi connectivity index (χ2n) is 5.14. The van der Waals surface area contributed by atoms with E-state index >= 15 is 0 Å². The van der Waals surface area contributed by atoms with E-state index < -0.39 is 12.2 Å². The van der Waals surface area contributed by atoms with E-state index in [0.29, 0.717) is 24.2 Å². The van der Waals surface area contributed by atoms with Crippen molar-refractivity contribution in [1.29, 1.82) is 0 Å². The number of β-amino-alcohol motifs (C(OH)–C–C–N with tert-alkyl or cyclic N) is 2. The van der Waals surface area contributed by atoms with Crippen molar-refractivity contribution in [2.45, 2.75) is 37.9 Å². The molecule has 0 aromatic carbocycles. The first-order chi connectivity index (χ1) is 8.56. The third-order valence-electron chi connectivity index (χ3n) is 3.58. The number of aromatic nitrogens is 2. The molecule has 18 heavy (non-hydrogen) atoms. The van der Waals surface area contributed by atoms with Crippen molar-refractivity contribution in [1.82, 2.24) is 9.97 Å². The van der Waals surface area contributed by atoms with Gasteiger partial charge in [0.25, 0.3) is 0 Å². The van der Waals surface area contributed by atoms with Crippen LogP contribution in [0.5, 0.6) is 0 Å². The van der Waals surface area contributed by atoms with Gasteiger partial charge in [-0.1, -0.05) is 11.6 Å². The minimum atomic E-state index is -0.720. The first-order valence-corrected chi connectivity index (χ1v) is 6.59. The lowest BCUT2D eigenvalue weighted by Crippen LogP contribution is -2.24. The summed E-state index contributed by atoms with van der Waals surface area (Å²) < 4.78 is 0. The van der Waals surface area contributed by atoms with Crippen LogP contribution in [0.15, 0.2) is 0 Å². The SMILES string of the molecule is Cc1c(Cl)nc(C2CC2)nc1N1CC(O)C(O)C1. The van der Waals surface area contributed by atoms with Crippen molar-refractivity contribution in [3.8, 4) is 0 Å². The molecule has 1 saturated carbocycles. The van der Waals surface area contributed by atoms with Gasteiger partial charge in [0.15, 0.2) is 0 Å². The summed E-state index contributed by atoms with van der Waals surface area (Å²) in [6.45, 7) is 2.64. The Balaban J connectivity index is 1.95. The molecule has 0 radical (unpaired) electrons. The standard InChI is InChI=1S/C12H16ClN3O2/c1-6-10(13)14-11(7-2-3-7)15-12(6)16-4-8(17)9(18)5-16/h7-9,17-18H,2-5H2,1H3. The minimum absolute atomic E-state index is 0.388. The van der Waals surface area contributed by atoms with Gasteiger partial charge in [-0.2, -0.15) is 0 Å². The van der Waals surface area contributed by atoms with Gasteiger partial charge in [-0.05, 0) is 19.8 Å². The molecule has 1 aliphatic heterocycles. The van der Waals surface area contributed by atoms with Crippen LogP contribution in [0.1, 0.15) is 30.1 Å². The molecule has 2 aliphatic rings. The Labute approximate surface area is 110 Å². The molecule has 5 nitrogen and oxygen atoms in total. The van der Waals surface area contributed by atoms with Gasteiger partial charge in [-0.15, -0.1) is 0 Å². The van der Waals surface area contributed by atoms with Gasteiger partial charge in [0.1, 0.15) is 16.8 Å². The summed E-state index contributed by atoms with van der Waals surface area (Å²) in [5.41, 5.74) is 0.808. The summed E-state index contributed by atoms with van der Waals surface area (Å²) in [5, 5.41) is 19.7. The Morgan fingerprint density at radius 2 is 1.78 bits per heavy atom. The molecule has 2 atom stereocenters. The fourth-order valence-electron chi connectivity index (χ4n) is 2.27. The maximum absolute atomic E-state index is 9.61. The third kappa shape index (κ3) is 2.06. The lowest BCUT2D eigenvalue weighted by molar-refractivity contribution is 0.0572. The third-order valence-corrected chi connectivity index (χ3v) is 3.95. The molecular weight excluding hydrogens is 254 g/mol.